The Kier molecular flexibility index (Phi) is 5.51. The molecule has 0 aliphatic heterocycles. The maximum Gasteiger partial charge on any atom is 0.275 e. The van der Waals surface area contributed by atoms with E-state index in [-0.39, 0.29) is 5.91 Å². The van der Waals surface area contributed by atoms with E-state index < -0.39 is 0 Å². The van der Waals surface area contributed by atoms with Crippen LogP contribution in [-0.4, -0.2) is 25.5 Å². The first-order valence-corrected chi connectivity index (χ1v) is 9.30. The lowest BCUT2D eigenvalue weighted by atomic mass is 10.2. The topological polar surface area (TPSA) is 64.7 Å². The van der Waals surface area contributed by atoms with Gasteiger partial charge in [-0.2, -0.15) is 10.2 Å². The zero-order valence-electron chi connectivity index (χ0n) is 15.3. The number of anilines is 1. The molecule has 3 aromatic rings. The molecule has 0 fully saturated rings. The van der Waals surface area contributed by atoms with Crippen molar-refractivity contribution < 1.29 is 4.79 Å². The molecule has 0 unspecified atom stereocenters. The predicted octanol–water partition coefficient (Wildman–Crippen LogP) is 4.80. The molecular weight excluding hydrogens is 409 g/mol. The number of aromatic nitrogens is 4. The van der Waals surface area contributed by atoms with Crippen molar-refractivity contribution in [2.45, 2.75) is 27.3 Å². The lowest BCUT2D eigenvalue weighted by Gasteiger charge is -2.09. The number of carbonyl (C=O) groups excluding carboxylic acids is 1. The Bertz CT molecular complexity index is 1040. The maximum absolute atomic E-state index is 12.7. The molecule has 0 aliphatic rings. The normalized spacial score (nSPS) is 11.1. The average Bonchev–Trinajstić information content (AvgIpc) is 2.99. The Morgan fingerprint density at radius 2 is 1.81 bits per heavy atom. The minimum atomic E-state index is -0.335. The number of aryl methyl sites for hydroxylation is 3. The molecule has 6 nitrogen and oxygen atoms in total. The van der Waals surface area contributed by atoms with Gasteiger partial charge in [0.1, 0.15) is 5.69 Å². The van der Waals surface area contributed by atoms with E-state index in [4.69, 9.17) is 34.8 Å². The van der Waals surface area contributed by atoms with Gasteiger partial charge in [-0.15, -0.1) is 0 Å². The zero-order valence-corrected chi connectivity index (χ0v) is 17.5. The quantitative estimate of drug-likeness (QED) is 0.651. The van der Waals surface area contributed by atoms with Gasteiger partial charge >= 0.3 is 0 Å². The van der Waals surface area contributed by atoms with Crippen LogP contribution in [0, 0.1) is 20.8 Å². The molecule has 2 heterocycles. The Balaban J connectivity index is 1.88. The van der Waals surface area contributed by atoms with Crippen molar-refractivity contribution in [1.82, 2.24) is 19.6 Å². The van der Waals surface area contributed by atoms with E-state index in [0.29, 0.717) is 44.4 Å². The maximum atomic E-state index is 12.7. The Morgan fingerprint density at radius 1 is 1.11 bits per heavy atom. The van der Waals surface area contributed by atoms with E-state index in [1.54, 1.807) is 30.8 Å². The van der Waals surface area contributed by atoms with E-state index in [2.05, 4.69) is 15.5 Å². The largest absolute Gasteiger partial charge is 0.317 e. The van der Waals surface area contributed by atoms with Crippen LogP contribution in [-0.2, 0) is 13.6 Å². The number of halogens is 3. The summed E-state index contributed by atoms with van der Waals surface area (Å²) in [5, 5.41) is 13.1. The summed E-state index contributed by atoms with van der Waals surface area (Å²) >= 11 is 18.4. The zero-order chi connectivity index (χ0) is 19.9. The number of nitrogens with zero attached hydrogens (tertiary/aromatic N) is 4. The van der Waals surface area contributed by atoms with Crippen molar-refractivity contribution in [2.75, 3.05) is 5.32 Å². The summed E-state index contributed by atoms with van der Waals surface area (Å²) in [4.78, 5) is 12.7. The smallest absolute Gasteiger partial charge is 0.275 e. The minimum absolute atomic E-state index is 0.307. The molecular formula is C18H18Cl3N5O. The molecule has 0 saturated heterocycles. The highest BCUT2D eigenvalue weighted by Gasteiger charge is 2.22. The molecule has 142 valence electrons. The van der Waals surface area contributed by atoms with Crippen LogP contribution in [0.3, 0.4) is 0 Å². The molecule has 1 aromatic carbocycles. The van der Waals surface area contributed by atoms with Crippen molar-refractivity contribution in [2.24, 2.45) is 7.05 Å². The van der Waals surface area contributed by atoms with Crippen molar-refractivity contribution in [3.63, 3.8) is 0 Å². The van der Waals surface area contributed by atoms with Gasteiger partial charge in [-0.25, -0.2) is 0 Å². The SMILES string of the molecule is Cc1nn(C)c(C(=O)Nc2c(C)nn(Cc3ccc(Cl)cc3Cl)c2C)c1Cl. The van der Waals surface area contributed by atoms with Crippen molar-refractivity contribution in [3.05, 3.63) is 61.6 Å². The van der Waals surface area contributed by atoms with Crippen LogP contribution in [0.1, 0.15) is 33.1 Å². The first-order chi connectivity index (χ1) is 12.7. The van der Waals surface area contributed by atoms with Gasteiger partial charge in [-0.05, 0) is 38.5 Å². The Labute approximate surface area is 172 Å². The predicted molar refractivity (Wildman–Crippen MR) is 108 cm³/mol. The monoisotopic (exact) mass is 425 g/mol. The van der Waals surface area contributed by atoms with E-state index in [0.717, 1.165) is 11.3 Å². The van der Waals surface area contributed by atoms with Crippen molar-refractivity contribution >= 4 is 46.4 Å². The molecule has 0 atom stereocenters. The van der Waals surface area contributed by atoms with Gasteiger partial charge in [0, 0.05) is 17.1 Å². The molecule has 0 bridgehead atoms. The third-order valence-electron chi connectivity index (χ3n) is 4.32. The second-order valence-electron chi connectivity index (χ2n) is 6.26. The molecule has 3 rings (SSSR count). The van der Waals surface area contributed by atoms with Crippen LogP contribution in [0.15, 0.2) is 18.2 Å². The van der Waals surface area contributed by atoms with E-state index in [1.165, 1.54) is 4.68 Å². The van der Waals surface area contributed by atoms with Gasteiger partial charge in [0.25, 0.3) is 5.91 Å². The van der Waals surface area contributed by atoms with Gasteiger partial charge in [0.2, 0.25) is 0 Å². The second-order valence-corrected chi connectivity index (χ2v) is 7.49. The summed E-state index contributed by atoms with van der Waals surface area (Å²) < 4.78 is 3.26. The highest BCUT2D eigenvalue weighted by molar-refractivity contribution is 6.35. The number of hydrogen-bond donors (Lipinski definition) is 1. The molecule has 0 spiro atoms. The van der Waals surface area contributed by atoms with Crippen LogP contribution in [0.25, 0.3) is 0 Å². The minimum Gasteiger partial charge on any atom is -0.317 e. The third kappa shape index (κ3) is 3.83. The summed E-state index contributed by atoms with van der Waals surface area (Å²) in [7, 11) is 1.68. The first-order valence-electron chi connectivity index (χ1n) is 8.17. The fraction of sp³-hybridized carbons (Fsp3) is 0.278. The van der Waals surface area contributed by atoms with Crippen LogP contribution in [0.4, 0.5) is 5.69 Å². The number of nitrogens with one attached hydrogen (secondary N) is 1. The molecule has 0 radical (unpaired) electrons. The van der Waals surface area contributed by atoms with Gasteiger partial charge in [-0.3, -0.25) is 14.2 Å². The molecule has 27 heavy (non-hydrogen) atoms. The Hall–Kier alpha value is -2.02. The van der Waals surface area contributed by atoms with E-state index >= 15 is 0 Å². The van der Waals surface area contributed by atoms with Crippen LogP contribution in [0.5, 0.6) is 0 Å². The lowest BCUT2D eigenvalue weighted by Crippen LogP contribution is -2.17. The van der Waals surface area contributed by atoms with Crippen molar-refractivity contribution in [3.8, 4) is 0 Å². The molecule has 0 saturated carbocycles. The second kappa shape index (κ2) is 7.54. The standard InChI is InChI=1S/C18H18Cl3N5O/c1-9-15(21)17(25(4)23-9)18(27)22-16-10(2)24-26(11(16)3)8-12-5-6-13(19)7-14(12)20/h5-7H,8H2,1-4H3,(H,22,27). The third-order valence-corrected chi connectivity index (χ3v) is 5.36. The molecule has 1 N–H and O–H groups in total. The summed E-state index contributed by atoms with van der Waals surface area (Å²) in [6.07, 6.45) is 0. The summed E-state index contributed by atoms with van der Waals surface area (Å²) in [5.41, 5.74) is 3.94. The number of hydrogen-bond acceptors (Lipinski definition) is 3. The van der Waals surface area contributed by atoms with Crippen LogP contribution < -0.4 is 5.32 Å². The summed E-state index contributed by atoms with van der Waals surface area (Å²) in [5.74, 6) is -0.335. The molecule has 1 amide bonds. The number of rotatable bonds is 4. The van der Waals surface area contributed by atoms with Crippen LogP contribution >= 0.6 is 34.8 Å². The van der Waals surface area contributed by atoms with Crippen molar-refractivity contribution in [1.29, 1.82) is 0 Å². The number of carbonyl (C=O) groups is 1. The fourth-order valence-corrected chi connectivity index (χ4v) is 3.61. The first kappa shape index (κ1) is 19.7. The number of amides is 1. The summed E-state index contributed by atoms with van der Waals surface area (Å²) in [6, 6.07) is 5.33. The van der Waals surface area contributed by atoms with Gasteiger partial charge < -0.3 is 5.32 Å². The molecule has 9 heteroatoms. The lowest BCUT2D eigenvalue weighted by molar-refractivity contribution is 0.101. The highest BCUT2D eigenvalue weighted by atomic mass is 35.5. The Morgan fingerprint density at radius 3 is 2.41 bits per heavy atom. The number of benzene rings is 1. The highest BCUT2D eigenvalue weighted by Crippen LogP contribution is 2.26. The van der Waals surface area contributed by atoms with Gasteiger partial charge in [0.15, 0.2) is 0 Å². The van der Waals surface area contributed by atoms with E-state index in [9.17, 15) is 4.79 Å². The summed E-state index contributed by atoms with van der Waals surface area (Å²) in [6.45, 7) is 5.93. The molecule has 0 aliphatic carbocycles. The van der Waals surface area contributed by atoms with Gasteiger partial charge in [-0.1, -0.05) is 40.9 Å². The fourth-order valence-electron chi connectivity index (χ4n) is 2.89. The average molecular weight is 427 g/mol. The van der Waals surface area contributed by atoms with Gasteiger partial charge in [0.05, 0.1) is 34.3 Å². The molecule has 2 aromatic heterocycles. The van der Waals surface area contributed by atoms with E-state index in [1.807, 2.05) is 19.9 Å². The van der Waals surface area contributed by atoms with Crippen LogP contribution in [0.2, 0.25) is 15.1 Å².